The Morgan fingerprint density at radius 1 is 1.41 bits per heavy atom. The van der Waals surface area contributed by atoms with E-state index in [0.29, 0.717) is 23.1 Å². The zero-order valence-electron chi connectivity index (χ0n) is 10.2. The van der Waals surface area contributed by atoms with Crippen molar-refractivity contribution >= 4 is 17.6 Å². The first kappa shape index (κ1) is 13.0. The van der Waals surface area contributed by atoms with Gasteiger partial charge in [0, 0.05) is 5.69 Å². The van der Waals surface area contributed by atoms with Crippen molar-refractivity contribution in [1.29, 1.82) is 0 Å². The highest BCUT2D eigenvalue weighted by Crippen LogP contribution is 2.26. The van der Waals surface area contributed by atoms with Gasteiger partial charge in [-0.05, 0) is 30.5 Å². The number of carbonyl (C=O) groups excluding carboxylic acids is 2. The molecule has 5 nitrogen and oxygen atoms in total. The number of carbonyl (C=O) groups is 2. The van der Waals surface area contributed by atoms with Gasteiger partial charge in [-0.1, -0.05) is 6.92 Å². The summed E-state index contributed by atoms with van der Waals surface area (Å²) in [4.78, 5) is 22.9. The Labute approximate surface area is 99.7 Å². The van der Waals surface area contributed by atoms with Crippen molar-refractivity contribution < 1.29 is 14.3 Å². The predicted molar refractivity (Wildman–Crippen MR) is 64.8 cm³/mol. The van der Waals surface area contributed by atoms with Crippen LogP contribution in [0.4, 0.5) is 5.69 Å². The summed E-state index contributed by atoms with van der Waals surface area (Å²) in [6.45, 7) is 3.53. The summed E-state index contributed by atoms with van der Waals surface area (Å²) in [5.74, 6) is -1.06. The molecule has 0 bridgehead atoms. The first-order chi connectivity index (χ1) is 7.93. The number of methoxy groups -OCH3 is 1. The molecule has 0 aromatic heterocycles. The van der Waals surface area contributed by atoms with Crippen molar-refractivity contribution in [2.75, 3.05) is 12.8 Å². The fourth-order valence-corrected chi connectivity index (χ4v) is 1.88. The molecular weight excluding hydrogens is 220 g/mol. The van der Waals surface area contributed by atoms with Gasteiger partial charge >= 0.3 is 5.97 Å². The van der Waals surface area contributed by atoms with Gasteiger partial charge in [-0.3, -0.25) is 4.79 Å². The van der Waals surface area contributed by atoms with E-state index in [1.807, 2.05) is 6.92 Å². The number of ether oxygens (including phenoxy) is 1. The van der Waals surface area contributed by atoms with Crippen LogP contribution in [0, 0.1) is 6.92 Å². The SMILES string of the molecule is CCc1c(C(=O)OC)cc(C)c(C(N)=O)c1N. The molecule has 0 heterocycles. The maximum absolute atomic E-state index is 11.6. The van der Waals surface area contributed by atoms with E-state index in [4.69, 9.17) is 11.5 Å². The number of hydrogen-bond donors (Lipinski definition) is 2. The summed E-state index contributed by atoms with van der Waals surface area (Å²) in [6, 6.07) is 1.58. The van der Waals surface area contributed by atoms with Crippen molar-refractivity contribution in [3.63, 3.8) is 0 Å². The van der Waals surface area contributed by atoms with Crippen LogP contribution >= 0.6 is 0 Å². The van der Waals surface area contributed by atoms with E-state index in [9.17, 15) is 9.59 Å². The standard InChI is InChI=1S/C12H16N2O3/c1-4-7-8(12(16)17-3)5-6(2)9(10(7)13)11(14)15/h5H,4,13H2,1-3H3,(H2,14,15). The molecule has 0 atom stereocenters. The molecule has 1 aromatic carbocycles. The number of esters is 1. The van der Waals surface area contributed by atoms with Gasteiger partial charge in [0.05, 0.1) is 18.2 Å². The fourth-order valence-electron chi connectivity index (χ4n) is 1.88. The first-order valence-electron chi connectivity index (χ1n) is 5.24. The predicted octanol–water partition coefficient (Wildman–Crippen LogP) is 1.03. The molecule has 0 saturated heterocycles. The maximum atomic E-state index is 11.6. The zero-order chi connectivity index (χ0) is 13.2. The second kappa shape index (κ2) is 4.86. The minimum absolute atomic E-state index is 0.264. The maximum Gasteiger partial charge on any atom is 0.338 e. The highest BCUT2D eigenvalue weighted by Gasteiger charge is 2.20. The third kappa shape index (κ3) is 2.22. The topological polar surface area (TPSA) is 95.4 Å². The summed E-state index contributed by atoms with van der Waals surface area (Å²) in [6.07, 6.45) is 0.525. The van der Waals surface area contributed by atoms with Crippen molar-refractivity contribution in [3.8, 4) is 0 Å². The van der Waals surface area contributed by atoms with E-state index in [2.05, 4.69) is 4.74 Å². The molecule has 17 heavy (non-hydrogen) atoms. The molecular formula is C12H16N2O3. The number of amides is 1. The van der Waals surface area contributed by atoms with Gasteiger partial charge in [0.1, 0.15) is 0 Å². The zero-order valence-corrected chi connectivity index (χ0v) is 10.2. The van der Waals surface area contributed by atoms with Crippen LogP contribution in [-0.4, -0.2) is 19.0 Å². The van der Waals surface area contributed by atoms with E-state index in [1.165, 1.54) is 7.11 Å². The Morgan fingerprint density at radius 3 is 2.41 bits per heavy atom. The van der Waals surface area contributed by atoms with E-state index in [1.54, 1.807) is 13.0 Å². The summed E-state index contributed by atoms with van der Waals surface area (Å²) in [7, 11) is 1.30. The quantitative estimate of drug-likeness (QED) is 0.605. The molecule has 0 fully saturated rings. The first-order valence-corrected chi connectivity index (χ1v) is 5.24. The Hall–Kier alpha value is -2.04. The van der Waals surface area contributed by atoms with Crippen LogP contribution < -0.4 is 11.5 Å². The number of rotatable bonds is 3. The Morgan fingerprint density at radius 2 is 2.00 bits per heavy atom. The van der Waals surface area contributed by atoms with Gasteiger partial charge in [0.15, 0.2) is 0 Å². The fraction of sp³-hybridized carbons (Fsp3) is 0.333. The highest BCUT2D eigenvalue weighted by atomic mass is 16.5. The molecule has 1 amide bonds. The molecule has 0 unspecified atom stereocenters. The molecule has 1 aromatic rings. The molecule has 0 aliphatic heterocycles. The lowest BCUT2D eigenvalue weighted by Gasteiger charge is -2.14. The van der Waals surface area contributed by atoms with Crippen LogP contribution in [0.15, 0.2) is 6.07 Å². The smallest absolute Gasteiger partial charge is 0.338 e. The number of benzene rings is 1. The largest absolute Gasteiger partial charge is 0.465 e. The van der Waals surface area contributed by atoms with Crippen LogP contribution in [-0.2, 0) is 11.2 Å². The second-order valence-electron chi connectivity index (χ2n) is 3.72. The normalized spacial score (nSPS) is 10.1. The Balaban J connectivity index is 3.57. The van der Waals surface area contributed by atoms with Gasteiger partial charge in [0.25, 0.3) is 5.91 Å². The molecule has 0 saturated carbocycles. The third-order valence-electron chi connectivity index (χ3n) is 2.68. The van der Waals surface area contributed by atoms with Gasteiger partial charge in [-0.2, -0.15) is 0 Å². The van der Waals surface area contributed by atoms with Crippen LogP contribution in [0.1, 0.15) is 38.8 Å². The van der Waals surface area contributed by atoms with E-state index >= 15 is 0 Å². The Kier molecular flexibility index (Phi) is 3.73. The minimum atomic E-state index is -0.592. The Bertz CT molecular complexity index is 481. The lowest BCUT2D eigenvalue weighted by Crippen LogP contribution is -2.19. The monoisotopic (exact) mass is 236 g/mol. The van der Waals surface area contributed by atoms with E-state index in [0.717, 1.165) is 0 Å². The summed E-state index contributed by atoms with van der Waals surface area (Å²) in [5, 5.41) is 0. The molecule has 0 aliphatic carbocycles. The van der Waals surface area contributed by atoms with Crippen molar-refractivity contribution in [2.24, 2.45) is 5.73 Å². The van der Waals surface area contributed by atoms with Crippen LogP contribution in [0.5, 0.6) is 0 Å². The van der Waals surface area contributed by atoms with Gasteiger partial charge in [0.2, 0.25) is 0 Å². The second-order valence-corrected chi connectivity index (χ2v) is 3.72. The number of hydrogen-bond acceptors (Lipinski definition) is 4. The minimum Gasteiger partial charge on any atom is -0.465 e. The van der Waals surface area contributed by atoms with Gasteiger partial charge in [-0.25, -0.2) is 4.79 Å². The number of nitrogen functional groups attached to an aromatic ring is 1. The molecule has 4 N–H and O–H groups in total. The summed E-state index contributed by atoms with van der Waals surface area (Å²) < 4.78 is 4.68. The molecule has 92 valence electrons. The summed E-state index contributed by atoms with van der Waals surface area (Å²) in [5.41, 5.74) is 13.2. The lowest BCUT2D eigenvalue weighted by atomic mass is 9.94. The van der Waals surface area contributed by atoms with Crippen molar-refractivity contribution in [3.05, 3.63) is 28.3 Å². The molecule has 5 heteroatoms. The lowest BCUT2D eigenvalue weighted by molar-refractivity contribution is 0.0599. The van der Waals surface area contributed by atoms with E-state index in [-0.39, 0.29) is 11.3 Å². The number of primary amides is 1. The average molecular weight is 236 g/mol. The van der Waals surface area contributed by atoms with Gasteiger partial charge < -0.3 is 16.2 Å². The number of anilines is 1. The molecule has 1 rings (SSSR count). The highest BCUT2D eigenvalue weighted by molar-refractivity contribution is 6.03. The number of aryl methyl sites for hydroxylation is 1. The average Bonchev–Trinajstić information content (AvgIpc) is 2.26. The summed E-state index contributed by atoms with van der Waals surface area (Å²) >= 11 is 0. The van der Waals surface area contributed by atoms with Crippen LogP contribution in [0.25, 0.3) is 0 Å². The van der Waals surface area contributed by atoms with Crippen molar-refractivity contribution in [2.45, 2.75) is 20.3 Å². The van der Waals surface area contributed by atoms with Gasteiger partial charge in [-0.15, -0.1) is 0 Å². The van der Waals surface area contributed by atoms with Crippen molar-refractivity contribution in [1.82, 2.24) is 0 Å². The molecule has 0 aliphatic rings. The molecule has 0 spiro atoms. The third-order valence-corrected chi connectivity index (χ3v) is 2.68. The van der Waals surface area contributed by atoms with E-state index < -0.39 is 11.9 Å². The van der Waals surface area contributed by atoms with Crippen LogP contribution in [0.3, 0.4) is 0 Å². The number of nitrogens with two attached hydrogens (primary N) is 2. The van der Waals surface area contributed by atoms with Crippen LogP contribution in [0.2, 0.25) is 0 Å². The molecule has 0 radical (unpaired) electrons.